The summed E-state index contributed by atoms with van der Waals surface area (Å²) in [4.78, 5) is 0. The Labute approximate surface area is 125 Å². The molecule has 3 rings (SSSR count). The van der Waals surface area contributed by atoms with E-state index in [-0.39, 0.29) is 0 Å². The van der Waals surface area contributed by atoms with Crippen molar-refractivity contribution in [3.63, 3.8) is 0 Å². The molecule has 0 bridgehead atoms. The first-order valence-corrected chi connectivity index (χ1v) is 7.24. The summed E-state index contributed by atoms with van der Waals surface area (Å²) in [5.74, 6) is 1.37. The summed E-state index contributed by atoms with van der Waals surface area (Å²) in [6, 6.07) is 11.8. The molecule has 3 nitrogen and oxygen atoms in total. The lowest BCUT2D eigenvalue weighted by atomic mass is 9.97. The average molecular weight is 284 g/mol. The van der Waals surface area contributed by atoms with Gasteiger partial charge in [0.05, 0.1) is 14.2 Å². The number of hydrogen-bond acceptors (Lipinski definition) is 3. The van der Waals surface area contributed by atoms with Crippen molar-refractivity contribution < 1.29 is 14.6 Å². The first kappa shape index (κ1) is 14.0. The largest absolute Gasteiger partial charge is 0.497 e. The molecule has 110 valence electrons. The van der Waals surface area contributed by atoms with Crippen LogP contribution in [-0.4, -0.2) is 19.3 Å². The van der Waals surface area contributed by atoms with Gasteiger partial charge in [-0.25, -0.2) is 0 Å². The van der Waals surface area contributed by atoms with Gasteiger partial charge < -0.3 is 14.6 Å². The summed E-state index contributed by atoms with van der Waals surface area (Å²) in [6.07, 6.45) is 2.80. The van der Waals surface area contributed by atoms with Crippen LogP contribution in [0.1, 0.15) is 34.8 Å². The molecule has 1 aliphatic rings. The summed E-state index contributed by atoms with van der Waals surface area (Å²) in [5.41, 5.74) is 4.48. The fourth-order valence-corrected chi connectivity index (χ4v) is 2.94. The molecule has 0 amide bonds. The number of ether oxygens (including phenoxy) is 2. The Balaban J connectivity index is 1.96. The minimum Gasteiger partial charge on any atom is -0.497 e. The highest BCUT2D eigenvalue weighted by atomic mass is 16.5. The van der Waals surface area contributed by atoms with E-state index in [2.05, 4.69) is 12.1 Å². The summed E-state index contributed by atoms with van der Waals surface area (Å²) >= 11 is 0. The maximum Gasteiger partial charge on any atom is 0.122 e. The van der Waals surface area contributed by atoms with Gasteiger partial charge in [-0.05, 0) is 53.6 Å². The van der Waals surface area contributed by atoms with Crippen molar-refractivity contribution in [1.82, 2.24) is 0 Å². The second-order valence-corrected chi connectivity index (χ2v) is 5.43. The summed E-state index contributed by atoms with van der Waals surface area (Å²) in [5, 5.41) is 10.7. The maximum absolute atomic E-state index is 10.7. The van der Waals surface area contributed by atoms with E-state index in [9.17, 15) is 5.11 Å². The third-order valence-electron chi connectivity index (χ3n) is 4.13. The molecular weight excluding hydrogens is 264 g/mol. The minimum atomic E-state index is -0.667. The van der Waals surface area contributed by atoms with Crippen LogP contribution < -0.4 is 9.47 Å². The zero-order valence-electron chi connectivity index (χ0n) is 12.4. The van der Waals surface area contributed by atoms with Crippen LogP contribution in [0, 0.1) is 0 Å². The minimum absolute atomic E-state index is 0.667. The standard InChI is InChI=1S/C18H20O3/c1-20-16-9-15(10-17(11-16)21-2)18(19)14-7-6-12-4-3-5-13(12)8-14/h6-11,18-19H,3-5H2,1-2H3. The molecule has 0 saturated carbocycles. The number of aliphatic hydroxyl groups is 1. The van der Waals surface area contributed by atoms with E-state index in [1.807, 2.05) is 18.2 Å². The van der Waals surface area contributed by atoms with Crippen molar-refractivity contribution in [3.8, 4) is 11.5 Å². The van der Waals surface area contributed by atoms with Gasteiger partial charge in [-0.1, -0.05) is 18.2 Å². The molecule has 1 N–H and O–H groups in total. The maximum atomic E-state index is 10.7. The number of aliphatic hydroxyl groups excluding tert-OH is 1. The Morgan fingerprint density at radius 2 is 1.52 bits per heavy atom. The van der Waals surface area contributed by atoms with Crippen LogP contribution >= 0.6 is 0 Å². The third kappa shape index (κ3) is 2.74. The number of hydrogen-bond donors (Lipinski definition) is 1. The molecule has 2 aromatic carbocycles. The Morgan fingerprint density at radius 1 is 0.857 bits per heavy atom. The number of methoxy groups -OCH3 is 2. The van der Waals surface area contributed by atoms with E-state index in [1.165, 1.54) is 17.5 Å². The smallest absolute Gasteiger partial charge is 0.122 e. The van der Waals surface area contributed by atoms with E-state index in [0.29, 0.717) is 11.5 Å². The van der Waals surface area contributed by atoms with Gasteiger partial charge in [0.15, 0.2) is 0 Å². The van der Waals surface area contributed by atoms with Gasteiger partial charge in [0.2, 0.25) is 0 Å². The molecule has 0 radical (unpaired) electrons. The second-order valence-electron chi connectivity index (χ2n) is 5.43. The molecule has 0 aliphatic heterocycles. The zero-order valence-corrected chi connectivity index (χ0v) is 12.4. The third-order valence-corrected chi connectivity index (χ3v) is 4.13. The molecule has 2 aromatic rings. The Kier molecular flexibility index (Phi) is 3.84. The molecule has 0 spiro atoms. The van der Waals surface area contributed by atoms with E-state index in [0.717, 1.165) is 24.0 Å². The van der Waals surface area contributed by atoms with E-state index < -0.39 is 6.10 Å². The van der Waals surface area contributed by atoms with E-state index in [1.54, 1.807) is 20.3 Å². The van der Waals surface area contributed by atoms with Crippen LogP contribution in [0.2, 0.25) is 0 Å². The van der Waals surface area contributed by atoms with Crippen LogP contribution in [-0.2, 0) is 12.8 Å². The van der Waals surface area contributed by atoms with Gasteiger partial charge in [0.25, 0.3) is 0 Å². The fourth-order valence-electron chi connectivity index (χ4n) is 2.94. The molecule has 0 aromatic heterocycles. The molecule has 1 unspecified atom stereocenters. The Morgan fingerprint density at radius 3 is 2.19 bits per heavy atom. The highest BCUT2D eigenvalue weighted by molar-refractivity contribution is 5.44. The second kappa shape index (κ2) is 5.78. The van der Waals surface area contributed by atoms with Gasteiger partial charge in [-0.15, -0.1) is 0 Å². The van der Waals surface area contributed by atoms with Crippen molar-refractivity contribution in [2.24, 2.45) is 0 Å². The predicted molar refractivity (Wildman–Crippen MR) is 82.1 cm³/mol. The predicted octanol–water partition coefficient (Wildman–Crippen LogP) is 3.27. The highest BCUT2D eigenvalue weighted by Crippen LogP contribution is 2.32. The number of benzene rings is 2. The highest BCUT2D eigenvalue weighted by Gasteiger charge is 2.17. The van der Waals surface area contributed by atoms with Crippen molar-refractivity contribution in [3.05, 3.63) is 58.7 Å². The molecule has 0 heterocycles. The van der Waals surface area contributed by atoms with Gasteiger partial charge in [0, 0.05) is 6.07 Å². The van der Waals surface area contributed by atoms with Crippen LogP contribution in [0.15, 0.2) is 36.4 Å². The lowest BCUT2D eigenvalue weighted by Crippen LogP contribution is -2.02. The molecule has 0 fully saturated rings. The number of fused-ring (bicyclic) bond motifs is 1. The lowest BCUT2D eigenvalue weighted by molar-refractivity contribution is 0.219. The molecule has 3 heteroatoms. The molecule has 1 atom stereocenters. The van der Waals surface area contributed by atoms with E-state index >= 15 is 0 Å². The van der Waals surface area contributed by atoms with Crippen LogP contribution in [0.3, 0.4) is 0 Å². The average Bonchev–Trinajstić information content (AvgIpc) is 3.01. The van der Waals surface area contributed by atoms with Crippen molar-refractivity contribution in [2.75, 3.05) is 14.2 Å². The molecule has 1 aliphatic carbocycles. The summed E-state index contributed by atoms with van der Waals surface area (Å²) < 4.78 is 10.5. The molecule has 0 saturated heterocycles. The Hall–Kier alpha value is -2.00. The molecule has 21 heavy (non-hydrogen) atoms. The van der Waals surface area contributed by atoms with Crippen LogP contribution in [0.25, 0.3) is 0 Å². The summed E-state index contributed by atoms with van der Waals surface area (Å²) in [7, 11) is 3.22. The van der Waals surface area contributed by atoms with Gasteiger partial charge >= 0.3 is 0 Å². The SMILES string of the molecule is COc1cc(OC)cc(C(O)c2ccc3c(c2)CCC3)c1. The van der Waals surface area contributed by atoms with E-state index in [4.69, 9.17) is 9.47 Å². The lowest BCUT2D eigenvalue weighted by Gasteiger charge is -2.15. The summed E-state index contributed by atoms with van der Waals surface area (Å²) in [6.45, 7) is 0. The number of aryl methyl sites for hydroxylation is 2. The monoisotopic (exact) mass is 284 g/mol. The quantitative estimate of drug-likeness (QED) is 0.936. The fraction of sp³-hybridized carbons (Fsp3) is 0.333. The topological polar surface area (TPSA) is 38.7 Å². The number of rotatable bonds is 4. The normalized spacial score (nSPS) is 14.6. The zero-order chi connectivity index (χ0) is 14.8. The van der Waals surface area contributed by atoms with Crippen LogP contribution in [0.4, 0.5) is 0 Å². The van der Waals surface area contributed by atoms with Gasteiger partial charge in [0.1, 0.15) is 17.6 Å². The van der Waals surface area contributed by atoms with Gasteiger partial charge in [-0.3, -0.25) is 0 Å². The van der Waals surface area contributed by atoms with Crippen molar-refractivity contribution in [1.29, 1.82) is 0 Å². The van der Waals surface area contributed by atoms with Crippen molar-refractivity contribution >= 4 is 0 Å². The van der Waals surface area contributed by atoms with Crippen LogP contribution in [0.5, 0.6) is 11.5 Å². The molecular formula is C18H20O3. The Bertz CT molecular complexity index is 627. The first-order valence-electron chi connectivity index (χ1n) is 7.24. The van der Waals surface area contributed by atoms with Gasteiger partial charge in [-0.2, -0.15) is 0 Å². The first-order chi connectivity index (χ1) is 10.2. The van der Waals surface area contributed by atoms with Crippen molar-refractivity contribution in [2.45, 2.75) is 25.4 Å².